The summed E-state index contributed by atoms with van der Waals surface area (Å²) in [6.07, 6.45) is 6.75. The summed E-state index contributed by atoms with van der Waals surface area (Å²) in [6.45, 7) is 0. The van der Waals surface area contributed by atoms with Crippen molar-refractivity contribution in [2.45, 2.75) is 0 Å². The van der Waals surface area contributed by atoms with E-state index < -0.39 is 0 Å². The number of hydrogen-bond acceptors (Lipinski definition) is 1. The average Bonchev–Trinajstić information content (AvgIpc) is 3.35. The average molecular weight is 802 g/mol. The molecule has 0 aliphatic rings. The molecular formula is C62H43N. The maximum atomic E-state index is 2.34. The van der Waals surface area contributed by atoms with Gasteiger partial charge in [0.15, 0.2) is 0 Å². The van der Waals surface area contributed by atoms with E-state index in [9.17, 15) is 0 Å². The molecule has 1 heteroatoms. The number of nitrogens with zero attached hydrogens (tertiary/aromatic N) is 1. The highest BCUT2D eigenvalue weighted by Gasteiger charge is 2.14. The third-order valence-electron chi connectivity index (χ3n) is 12.2. The Labute approximate surface area is 368 Å². The van der Waals surface area contributed by atoms with Crippen molar-refractivity contribution in [3.63, 3.8) is 0 Å². The molecule has 0 atom stereocenters. The molecule has 11 aromatic carbocycles. The molecule has 0 aliphatic heterocycles. The SMILES string of the molecule is C(=Cc1ccc2cc(N(c3ccccc3)c3ccc4ccccc4c3)ccc2c1)c1ccc2cc(-c3ccc(C=C(c4ccccc4)c4cccc5ccccc45)cc3)ccc2c1. The molecule has 0 saturated heterocycles. The number of fused-ring (bicyclic) bond motifs is 4. The third-order valence-corrected chi connectivity index (χ3v) is 12.2. The van der Waals surface area contributed by atoms with E-state index in [2.05, 4.69) is 266 Å². The van der Waals surface area contributed by atoms with Crippen LogP contribution in [0.2, 0.25) is 0 Å². The maximum Gasteiger partial charge on any atom is 0.0468 e. The van der Waals surface area contributed by atoms with Crippen LogP contribution in [-0.4, -0.2) is 0 Å². The largest absolute Gasteiger partial charge is 0.310 e. The van der Waals surface area contributed by atoms with Gasteiger partial charge in [0, 0.05) is 17.1 Å². The lowest BCUT2D eigenvalue weighted by Crippen LogP contribution is -2.09. The summed E-state index contributed by atoms with van der Waals surface area (Å²) in [4.78, 5) is 2.34. The molecule has 0 N–H and O–H groups in total. The van der Waals surface area contributed by atoms with Crippen LogP contribution in [0.25, 0.3) is 78.0 Å². The van der Waals surface area contributed by atoms with E-state index in [0.717, 1.165) is 17.1 Å². The van der Waals surface area contributed by atoms with Gasteiger partial charge in [0.05, 0.1) is 0 Å². The Morgan fingerprint density at radius 1 is 0.302 bits per heavy atom. The van der Waals surface area contributed by atoms with Crippen LogP contribution in [0.1, 0.15) is 27.8 Å². The van der Waals surface area contributed by atoms with Gasteiger partial charge in [-0.2, -0.15) is 0 Å². The molecule has 0 fully saturated rings. The van der Waals surface area contributed by atoms with Crippen LogP contribution in [0.4, 0.5) is 17.1 Å². The van der Waals surface area contributed by atoms with Crippen molar-refractivity contribution in [2.24, 2.45) is 0 Å². The Balaban J connectivity index is 0.826. The van der Waals surface area contributed by atoms with Gasteiger partial charge in [0.1, 0.15) is 0 Å². The molecule has 11 rings (SSSR count). The smallest absolute Gasteiger partial charge is 0.0468 e. The van der Waals surface area contributed by atoms with Crippen molar-refractivity contribution in [1.82, 2.24) is 0 Å². The quantitative estimate of drug-likeness (QED) is 0.131. The zero-order valence-electron chi connectivity index (χ0n) is 34.8. The lowest BCUT2D eigenvalue weighted by atomic mass is 9.91. The zero-order valence-corrected chi connectivity index (χ0v) is 34.8. The van der Waals surface area contributed by atoms with Crippen molar-refractivity contribution >= 4 is 84.0 Å². The van der Waals surface area contributed by atoms with Gasteiger partial charge in [0.2, 0.25) is 0 Å². The number of benzene rings is 11. The van der Waals surface area contributed by atoms with E-state index in [0.29, 0.717) is 0 Å². The highest BCUT2D eigenvalue weighted by atomic mass is 15.1. The molecule has 11 aromatic rings. The Kier molecular flexibility index (Phi) is 9.97. The summed E-state index contributed by atoms with van der Waals surface area (Å²) in [6, 6.07) is 87.7. The normalized spacial score (nSPS) is 11.8. The first-order chi connectivity index (χ1) is 31.2. The molecule has 0 spiro atoms. The zero-order chi connectivity index (χ0) is 42.0. The molecule has 0 aromatic heterocycles. The summed E-state index contributed by atoms with van der Waals surface area (Å²) in [7, 11) is 0. The molecule has 0 aliphatic carbocycles. The van der Waals surface area contributed by atoms with Crippen LogP contribution in [0.3, 0.4) is 0 Å². The topological polar surface area (TPSA) is 3.24 Å². The van der Waals surface area contributed by atoms with Crippen LogP contribution in [0.5, 0.6) is 0 Å². The Morgan fingerprint density at radius 3 is 1.51 bits per heavy atom. The molecule has 0 bridgehead atoms. The first kappa shape index (κ1) is 37.7. The second-order valence-electron chi connectivity index (χ2n) is 16.2. The van der Waals surface area contributed by atoms with E-state index in [1.54, 1.807) is 0 Å². The van der Waals surface area contributed by atoms with E-state index >= 15 is 0 Å². The van der Waals surface area contributed by atoms with E-state index in [4.69, 9.17) is 0 Å². The molecule has 1 nitrogen and oxygen atoms in total. The fourth-order valence-electron chi connectivity index (χ4n) is 8.91. The second-order valence-corrected chi connectivity index (χ2v) is 16.2. The number of hydrogen-bond donors (Lipinski definition) is 0. The van der Waals surface area contributed by atoms with Gasteiger partial charge in [-0.3, -0.25) is 0 Å². The Morgan fingerprint density at radius 2 is 0.794 bits per heavy atom. The van der Waals surface area contributed by atoms with Crippen molar-refractivity contribution < 1.29 is 0 Å². The summed E-state index contributed by atoms with van der Waals surface area (Å²) in [5, 5.41) is 9.84. The predicted molar refractivity (Wildman–Crippen MR) is 272 cm³/mol. The summed E-state index contributed by atoms with van der Waals surface area (Å²) >= 11 is 0. The highest BCUT2D eigenvalue weighted by molar-refractivity contribution is 6.03. The third kappa shape index (κ3) is 7.81. The molecular weight excluding hydrogens is 759 g/mol. The Bertz CT molecular complexity index is 3480. The first-order valence-electron chi connectivity index (χ1n) is 21.6. The minimum absolute atomic E-state index is 1.13. The van der Waals surface area contributed by atoms with Gasteiger partial charge in [0.25, 0.3) is 0 Å². The van der Waals surface area contributed by atoms with E-state index in [-0.39, 0.29) is 0 Å². The van der Waals surface area contributed by atoms with Crippen molar-refractivity contribution in [1.29, 1.82) is 0 Å². The number of para-hydroxylation sites is 1. The lowest BCUT2D eigenvalue weighted by molar-refractivity contribution is 1.29. The number of rotatable bonds is 9. The Hall–Kier alpha value is -8.26. The summed E-state index contributed by atoms with van der Waals surface area (Å²) < 4.78 is 0. The van der Waals surface area contributed by atoms with Crippen LogP contribution < -0.4 is 4.90 Å². The molecule has 0 saturated carbocycles. The summed E-state index contributed by atoms with van der Waals surface area (Å²) in [5.74, 6) is 0. The van der Waals surface area contributed by atoms with Crippen LogP contribution in [-0.2, 0) is 0 Å². The van der Waals surface area contributed by atoms with Gasteiger partial charge in [-0.25, -0.2) is 0 Å². The number of anilines is 3. The van der Waals surface area contributed by atoms with Gasteiger partial charge in [-0.05, 0) is 148 Å². The fourth-order valence-corrected chi connectivity index (χ4v) is 8.91. The summed E-state index contributed by atoms with van der Waals surface area (Å²) in [5.41, 5.74) is 13.0. The first-order valence-corrected chi connectivity index (χ1v) is 21.6. The van der Waals surface area contributed by atoms with Gasteiger partial charge < -0.3 is 4.90 Å². The van der Waals surface area contributed by atoms with Gasteiger partial charge in [-0.15, -0.1) is 0 Å². The second kappa shape index (κ2) is 16.7. The highest BCUT2D eigenvalue weighted by Crippen LogP contribution is 2.38. The predicted octanol–water partition coefficient (Wildman–Crippen LogP) is 17.2. The molecule has 0 unspecified atom stereocenters. The standard InChI is InChI=1S/C62H43N/c1-3-13-50(14-4-1)62(61-21-11-17-49-15-9-10-20-60(49)61)40-46-24-28-48(29-25-46)54-33-32-52-38-44(26-30-55(52)41-54)22-23-45-27-31-56-43-59(37-35-53(56)39-45)63(57-18-5-2-6-19-57)58-36-34-47-12-7-8-16-51(47)42-58/h1-43H. The van der Waals surface area contributed by atoms with Crippen molar-refractivity contribution in [3.05, 3.63) is 270 Å². The molecule has 296 valence electrons. The van der Waals surface area contributed by atoms with Crippen molar-refractivity contribution in [2.75, 3.05) is 4.90 Å². The maximum absolute atomic E-state index is 2.34. The lowest BCUT2D eigenvalue weighted by Gasteiger charge is -2.26. The van der Waals surface area contributed by atoms with E-state index in [1.165, 1.54) is 87.6 Å². The minimum Gasteiger partial charge on any atom is -0.310 e. The fraction of sp³-hybridized carbons (Fsp3) is 0. The van der Waals surface area contributed by atoms with Crippen LogP contribution >= 0.6 is 0 Å². The van der Waals surface area contributed by atoms with E-state index in [1.807, 2.05) is 0 Å². The molecule has 0 amide bonds. The van der Waals surface area contributed by atoms with Gasteiger partial charge >= 0.3 is 0 Å². The molecule has 0 radical (unpaired) electrons. The monoisotopic (exact) mass is 801 g/mol. The van der Waals surface area contributed by atoms with Gasteiger partial charge in [-0.1, -0.05) is 200 Å². The van der Waals surface area contributed by atoms with Crippen LogP contribution in [0.15, 0.2) is 243 Å². The van der Waals surface area contributed by atoms with Crippen molar-refractivity contribution in [3.8, 4) is 11.1 Å². The molecule has 0 heterocycles. The van der Waals surface area contributed by atoms with Crippen LogP contribution in [0, 0.1) is 0 Å². The molecule has 63 heavy (non-hydrogen) atoms. The minimum atomic E-state index is 1.13.